The number of carboxylic acids is 1. The number of carbonyl (C=O) groups is 1. The second-order valence-electron chi connectivity index (χ2n) is 3.70. The number of aromatic carboxylic acids is 1. The molecule has 0 atom stereocenters. The molecule has 0 heterocycles. The molecule has 0 aliphatic carbocycles. The minimum absolute atomic E-state index is 0.321. The third-order valence-corrected chi connectivity index (χ3v) is 2.78. The molecule has 0 fully saturated rings. The summed E-state index contributed by atoms with van der Waals surface area (Å²) < 4.78 is 0. The van der Waals surface area contributed by atoms with Gasteiger partial charge in [-0.15, -0.1) is 0 Å². The van der Waals surface area contributed by atoms with Crippen LogP contribution in [0.2, 0.25) is 0 Å². The number of hydrogen-bond acceptors (Lipinski definition) is 2. The van der Waals surface area contributed by atoms with Crippen molar-refractivity contribution in [1.82, 2.24) is 0 Å². The summed E-state index contributed by atoms with van der Waals surface area (Å²) in [5.74, 6) is -0.911. The van der Waals surface area contributed by atoms with E-state index in [0.29, 0.717) is 16.6 Å². The summed E-state index contributed by atoms with van der Waals surface area (Å²) in [5.41, 5.74) is 7.90. The Morgan fingerprint density at radius 1 is 1.31 bits per heavy atom. The van der Waals surface area contributed by atoms with Gasteiger partial charge >= 0.3 is 5.97 Å². The zero-order valence-corrected chi connectivity index (χ0v) is 9.03. The number of rotatable bonds is 2. The van der Waals surface area contributed by atoms with Crippen LogP contribution >= 0.6 is 0 Å². The second-order valence-corrected chi connectivity index (χ2v) is 3.70. The van der Waals surface area contributed by atoms with Gasteiger partial charge in [0.25, 0.3) is 0 Å². The quantitative estimate of drug-likeness (QED) is 0.757. The number of aryl methyl sites for hydroxylation is 1. The fraction of sp³-hybridized carbons (Fsp3) is 0.154. The molecular weight excluding hydrogens is 202 g/mol. The number of carboxylic acid groups (broad SMARTS) is 1. The number of fused-ring (bicyclic) bond motifs is 1. The van der Waals surface area contributed by atoms with Gasteiger partial charge in [-0.25, -0.2) is 4.79 Å². The molecule has 0 aliphatic heterocycles. The minimum atomic E-state index is -0.911. The van der Waals surface area contributed by atoms with Crippen molar-refractivity contribution in [2.45, 2.75) is 13.3 Å². The van der Waals surface area contributed by atoms with Crippen molar-refractivity contribution in [2.75, 3.05) is 5.73 Å². The molecule has 82 valence electrons. The maximum Gasteiger partial charge on any atom is 0.336 e. The zero-order chi connectivity index (χ0) is 11.7. The first kappa shape index (κ1) is 10.5. The van der Waals surface area contributed by atoms with Gasteiger partial charge in [-0.05, 0) is 23.4 Å². The highest BCUT2D eigenvalue weighted by Crippen LogP contribution is 2.28. The van der Waals surface area contributed by atoms with Crippen LogP contribution in [0.15, 0.2) is 30.3 Å². The first-order valence-corrected chi connectivity index (χ1v) is 5.18. The molecule has 0 radical (unpaired) electrons. The highest BCUT2D eigenvalue weighted by Gasteiger charge is 2.12. The summed E-state index contributed by atoms with van der Waals surface area (Å²) in [6.45, 7) is 1.96. The second kappa shape index (κ2) is 3.85. The largest absolute Gasteiger partial charge is 0.478 e. The van der Waals surface area contributed by atoms with E-state index >= 15 is 0 Å². The summed E-state index contributed by atoms with van der Waals surface area (Å²) >= 11 is 0. The maximum atomic E-state index is 11.2. The van der Waals surface area contributed by atoms with Crippen molar-refractivity contribution in [3.8, 4) is 0 Å². The van der Waals surface area contributed by atoms with E-state index in [-0.39, 0.29) is 0 Å². The number of nitrogen functional groups attached to an aromatic ring is 1. The van der Waals surface area contributed by atoms with Crippen molar-refractivity contribution >= 4 is 22.4 Å². The van der Waals surface area contributed by atoms with E-state index in [1.807, 2.05) is 25.1 Å². The highest BCUT2D eigenvalue weighted by molar-refractivity contribution is 6.08. The first-order chi connectivity index (χ1) is 7.65. The molecule has 0 bridgehead atoms. The lowest BCUT2D eigenvalue weighted by atomic mass is 9.97. The van der Waals surface area contributed by atoms with E-state index in [9.17, 15) is 4.79 Å². The van der Waals surface area contributed by atoms with Gasteiger partial charge in [-0.1, -0.05) is 31.2 Å². The van der Waals surface area contributed by atoms with Crippen LogP contribution in [0.1, 0.15) is 22.8 Å². The molecule has 0 saturated carbocycles. The Balaban J connectivity index is 2.90. The molecule has 2 rings (SSSR count). The van der Waals surface area contributed by atoms with E-state index in [1.165, 1.54) is 0 Å². The molecule has 0 aliphatic rings. The van der Waals surface area contributed by atoms with E-state index in [4.69, 9.17) is 10.8 Å². The first-order valence-electron chi connectivity index (χ1n) is 5.18. The standard InChI is InChI=1S/C13H13NO2/c1-2-8-7-11(13(15)16)9-5-3-4-6-10(9)12(8)14/h3-7H,2,14H2,1H3,(H,15,16). The van der Waals surface area contributed by atoms with E-state index in [0.717, 1.165) is 17.4 Å². The van der Waals surface area contributed by atoms with Gasteiger partial charge in [0.1, 0.15) is 0 Å². The van der Waals surface area contributed by atoms with Gasteiger partial charge in [0.2, 0.25) is 0 Å². The van der Waals surface area contributed by atoms with Crippen LogP contribution in [0.25, 0.3) is 10.8 Å². The molecule has 16 heavy (non-hydrogen) atoms. The fourth-order valence-electron chi connectivity index (χ4n) is 1.93. The van der Waals surface area contributed by atoms with Crippen LogP contribution in [0.3, 0.4) is 0 Å². The minimum Gasteiger partial charge on any atom is -0.478 e. The van der Waals surface area contributed by atoms with Crippen molar-refractivity contribution in [2.24, 2.45) is 0 Å². The third-order valence-electron chi connectivity index (χ3n) is 2.78. The van der Waals surface area contributed by atoms with Crippen LogP contribution in [-0.4, -0.2) is 11.1 Å². The van der Waals surface area contributed by atoms with Crippen LogP contribution in [0.5, 0.6) is 0 Å². The average Bonchev–Trinajstić information content (AvgIpc) is 2.29. The Kier molecular flexibility index (Phi) is 2.52. The topological polar surface area (TPSA) is 63.3 Å². The summed E-state index contributed by atoms with van der Waals surface area (Å²) in [7, 11) is 0. The van der Waals surface area contributed by atoms with E-state index < -0.39 is 5.97 Å². The van der Waals surface area contributed by atoms with Crippen LogP contribution in [0.4, 0.5) is 5.69 Å². The molecule has 3 heteroatoms. The van der Waals surface area contributed by atoms with Crippen LogP contribution in [0, 0.1) is 0 Å². The van der Waals surface area contributed by atoms with Crippen molar-refractivity contribution in [3.05, 3.63) is 41.5 Å². The lowest BCUT2D eigenvalue weighted by Crippen LogP contribution is -2.03. The molecule has 3 nitrogen and oxygen atoms in total. The van der Waals surface area contributed by atoms with Gasteiger partial charge in [-0.3, -0.25) is 0 Å². The van der Waals surface area contributed by atoms with Crippen LogP contribution in [-0.2, 0) is 6.42 Å². The van der Waals surface area contributed by atoms with Gasteiger partial charge in [0, 0.05) is 11.1 Å². The monoisotopic (exact) mass is 215 g/mol. The van der Waals surface area contributed by atoms with Gasteiger partial charge < -0.3 is 10.8 Å². The zero-order valence-electron chi connectivity index (χ0n) is 9.03. The highest BCUT2D eigenvalue weighted by atomic mass is 16.4. The number of nitrogens with two attached hydrogens (primary N) is 1. The van der Waals surface area contributed by atoms with E-state index in [1.54, 1.807) is 12.1 Å². The molecule has 2 aromatic carbocycles. The van der Waals surface area contributed by atoms with E-state index in [2.05, 4.69) is 0 Å². The molecule has 0 spiro atoms. The fourth-order valence-corrected chi connectivity index (χ4v) is 1.93. The predicted molar refractivity (Wildman–Crippen MR) is 64.7 cm³/mol. The lowest BCUT2D eigenvalue weighted by Gasteiger charge is -2.10. The molecule has 2 aromatic rings. The smallest absolute Gasteiger partial charge is 0.336 e. The summed E-state index contributed by atoms with van der Waals surface area (Å²) in [4.78, 5) is 11.2. The Morgan fingerprint density at radius 2 is 1.94 bits per heavy atom. The summed E-state index contributed by atoms with van der Waals surface area (Å²) in [5, 5.41) is 10.7. The van der Waals surface area contributed by atoms with Crippen molar-refractivity contribution in [3.63, 3.8) is 0 Å². The molecule has 0 aromatic heterocycles. The lowest BCUT2D eigenvalue weighted by molar-refractivity contribution is 0.0699. The Morgan fingerprint density at radius 3 is 2.50 bits per heavy atom. The Labute approximate surface area is 93.5 Å². The third kappa shape index (κ3) is 1.50. The molecule has 0 amide bonds. The predicted octanol–water partition coefficient (Wildman–Crippen LogP) is 2.68. The van der Waals surface area contributed by atoms with Crippen LogP contribution < -0.4 is 5.73 Å². The van der Waals surface area contributed by atoms with Gasteiger partial charge in [0.05, 0.1) is 5.56 Å². The number of benzene rings is 2. The Hall–Kier alpha value is -2.03. The van der Waals surface area contributed by atoms with Crippen molar-refractivity contribution < 1.29 is 9.90 Å². The normalized spacial score (nSPS) is 10.6. The summed E-state index contributed by atoms with van der Waals surface area (Å²) in [6, 6.07) is 8.99. The van der Waals surface area contributed by atoms with Crippen molar-refractivity contribution in [1.29, 1.82) is 0 Å². The Bertz CT molecular complexity index is 561. The molecular formula is C13H13NO2. The SMILES string of the molecule is CCc1cc(C(=O)O)c2ccccc2c1N. The van der Waals surface area contributed by atoms with Gasteiger partial charge in [0.15, 0.2) is 0 Å². The molecule has 0 unspecified atom stereocenters. The summed E-state index contributed by atoms with van der Waals surface area (Å²) in [6.07, 6.45) is 0.733. The number of hydrogen-bond donors (Lipinski definition) is 2. The molecule has 3 N–H and O–H groups in total. The molecule has 0 saturated heterocycles. The maximum absolute atomic E-state index is 11.2. The number of anilines is 1. The average molecular weight is 215 g/mol. The van der Waals surface area contributed by atoms with Gasteiger partial charge in [-0.2, -0.15) is 0 Å².